The number of ether oxygens (including phenoxy) is 2. The highest BCUT2D eigenvalue weighted by Gasteiger charge is 2.35. The van der Waals surface area contributed by atoms with Crippen molar-refractivity contribution in [3.8, 4) is 11.5 Å². The van der Waals surface area contributed by atoms with Crippen molar-refractivity contribution in [2.24, 2.45) is 5.10 Å². The van der Waals surface area contributed by atoms with Crippen LogP contribution in [0.2, 0.25) is 0 Å². The van der Waals surface area contributed by atoms with Gasteiger partial charge in [-0.2, -0.15) is 5.10 Å². The third-order valence-corrected chi connectivity index (χ3v) is 6.59. The Kier molecular flexibility index (Phi) is 7.30. The maximum Gasteiger partial charge on any atom is 0.257 e. The molecule has 0 N–H and O–H groups in total. The molecule has 0 spiro atoms. The molecule has 4 rings (SSSR count). The van der Waals surface area contributed by atoms with Gasteiger partial charge in [-0.3, -0.25) is 9.69 Å². The number of hydrogen-bond acceptors (Lipinski definition) is 6. The molecule has 176 valence electrons. The summed E-state index contributed by atoms with van der Waals surface area (Å²) < 4.78 is 11.0. The van der Waals surface area contributed by atoms with Crippen LogP contribution in [0.25, 0.3) is 0 Å². The average Bonchev–Trinajstić information content (AvgIpc) is 3.29. The summed E-state index contributed by atoms with van der Waals surface area (Å²) in [4.78, 5) is 18.2. The molecule has 7 heteroatoms. The molecule has 1 fully saturated rings. The Morgan fingerprint density at radius 1 is 1.03 bits per heavy atom. The minimum Gasteiger partial charge on any atom is -0.497 e. The van der Waals surface area contributed by atoms with Gasteiger partial charge in [0, 0.05) is 44.2 Å². The Balaban J connectivity index is 1.61. The molecular weight excluding hydrogens is 416 g/mol. The number of nitrogens with zero attached hydrogens (tertiary/aromatic N) is 4. The standard InChI is InChI=1S/C26H34N4O3/c1-5-28-11-13-29(14-12-28)18-26(31)30-24(22-10-9-21(32-3)16-25(22)33-4)17-23(27-30)20-8-6-7-19(2)15-20/h6-10,15-16,24H,5,11-14,17-18H2,1-4H3/t24-/m0/s1. The Morgan fingerprint density at radius 3 is 2.45 bits per heavy atom. The minimum absolute atomic E-state index is 0.0190. The van der Waals surface area contributed by atoms with Crippen LogP contribution in [0, 0.1) is 6.92 Å². The van der Waals surface area contributed by atoms with Crippen molar-refractivity contribution in [3.05, 3.63) is 59.2 Å². The predicted octanol–water partition coefficient (Wildman–Crippen LogP) is 3.33. The maximum absolute atomic E-state index is 13.5. The molecule has 2 aliphatic rings. The first-order chi connectivity index (χ1) is 16.0. The first kappa shape index (κ1) is 23.3. The monoisotopic (exact) mass is 450 g/mol. The Bertz CT molecular complexity index is 1010. The van der Waals surface area contributed by atoms with E-state index < -0.39 is 0 Å². The number of hydrazone groups is 1. The number of piperazine rings is 1. The van der Waals surface area contributed by atoms with Gasteiger partial charge in [0.25, 0.3) is 5.91 Å². The smallest absolute Gasteiger partial charge is 0.257 e. The topological polar surface area (TPSA) is 57.6 Å². The largest absolute Gasteiger partial charge is 0.497 e. The SMILES string of the molecule is CCN1CCN(CC(=O)N2N=C(c3cccc(C)c3)C[C@H]2c2ccc(OC)cc2OC)CC1. The summed E-state index contributed by atoms with van der Waals surface area (Å²) in [6.45, 7) is 9.47. The molecule has 7 nitrogen and oxygen atoms in total. The highest BCUT2D eigenvalue weighted by molar-refractivity contribution is 6.03. The van der Waals surface area contributed by atoms with Gasteiger partial charge in [-0.25, -0.2) is 5.01 Å². The highest BCUT2D eigenvalue weighted by atomic mass is 16.5. The summed E-state index contributed by atoms with van der Waals surface area (Å²) in [5.41, 5.74) is 4.09. The van der Waals surface area contributed by atoms with Crippen molar-refractivity contribution >= 4 is 11.6 Å². The fourth-order valence-electron chi connectivity index (χ4n) is 4.60. The zero-order valence-electron chi connectivity index (χ0n) is 20.1. The third-order valence-electron chi connectivity index (χ3n) is 6.59. The Labute approximate surface area is 196 Å². The molecule has 0 aromatic heterocycles. The first-order valence-corrected chi connectivity index (χ1v) is 11.7. The maximum atomic E-state index is 13.5. The lowest BCUT2D eigenvalue weighted by molar-refractivity contribution is -0.134. The van der Waals surface area contributed by atoms with E-state index in [1.807, 2.05) is 24.3 Å². The Hall–Kier alpha value is -2.90. The van der Waals surface area contributed by atoms with Crippen LogP contribution in [-0.2, 0) is 4.79 Å². The van der Waals surface area contributed by atoms with Crippen LogP contribution in [0.4, 0.5) is 0 Å². The van der Waals surface area contributed by atoms with Crippen molar-refractivity contribution in [1.82, 2.24) is 14.8 Å². The van der Waals surface area contributed by atoms with Gasteiger partial charge in [0.15, 0.2) is 0 Å². The molecule has 0 saturated carbocycles. The van der Waals surface area contributed by atoms with Crippen molar-refractivity contribution in [2.45, 2.75) is 26.3 Å². The number of rotatable bonds is 7. The molecule has 2 aliphatic heterocycles. The molecule has 0 unspecified atom stereocenters. The van der Waals surface area contributed by atoms with E-state index in [-0.39, 0.29) is 11.9 Å². The lowest BCUT2D eigenvalue weighted by atomic mass is 9.97. The number of benzene rings is 2. The van der Waals surface area contributed by atoms with Gasteiger partial charge in [-0.1, -0.05) is 36.8 Å². The summed E-state index contributed by atoms with van der Waals surface area (Å²) in [7, 11) is 3.28. The number of carbonyl (C=O) groups excluding carboxylic acids is 1. The number of carbonyl (C=O) groups is 1. The van der Waals surface area contributed by atoms with Gasteiger partial charge < -0.3 is 14.4 Å². The fourth-order valence-corrected chi connectivity index (χ4v) is 4.60. The average molecular weight is 451 g/mol. The lowest BCUT2D eigenvalue weighted by Gasteiger charge is -2.34. The molecule has 0 bridgehead atoms. The quantitative estimate of drug-likeness (QED) is 0.648. The molecule has 1 amide bonds. The summed E-state index contributed by atoms with van der Waals surface area (Å²) in [6, 6.07) is 13.8. The van der Waals surface area contributed by atoms with Gasteiger partial charge in [0.1, 0.15) is 11.5 Å². The molecule has 2 aromatic rings. The van der Waals surface area contributed by atoms with Crippen LogP contribution in [0.3, 0.4) is 0 Å². The number of likely N-dealkylation sites (N-methyl/N-ethyl adjacent to an activating group) is 1. The highest BCUT2D eigenvalue weighted by Crippen LogP contribution is 2.39. The molecule has 1 saturated heterocycles. The normalized spacial score (nSPS) is 19.5. The molecule has 33 heavy (non-hydrogen) atoms. The zero-order valence-corrected chi connectivity index (χ0v) is 20.1. The van der Waals surface area contributed by atoms with Crippen LogP contribution in [0.5, 0.6) is 11.5 Å². The second kappa shape index (κ2) is 10.4. The lowest BCUT2D eigenvalue weighted by Crippen LogP contribution is -2.49. The van der Waals surface area contributed by atoms with Gasteiger partial charge in [0.2, 0.25) is 0 Å². The van der Waals surface area contributed by atoms with E-state index in [1.54, 1.807) is 19.2 Å². The fraction of sp³-hybridized carbons (Fsp3) is 0.462. The van der Waals surface area contributed by atoms with E-state index in [1.165, 1.54) is 5.56 Å². The molecule has 1 atom stereocenters. The predicted molar refractivity (Wildman–Crippen MR) is 130 cm³/mol. The Morgan fingerprint density at radius 2 is 1.79 bits per heavy atom. The summed E-state index contributed by atoms with van der Waals surface area (Å²) in [5.74, 6) is 1.44. The summed E-state index contributed by atoms with van der Waals surface area (Å²) in [6.07, 6.45) is 0.640. The van der Waals surface area contributed by atoms with Gasteiger partial charge in [-0.15, -0.1) is 0 Å². The van der Waals surface area contributed by atoms with Crippen molar-refractivity contribution in [2.75, 3.05) is 53.5 Å². The van der Waals surface area contributed by atoms with Crippen LogP contribution in [0.15, 0.2) is 47.6 Å². The molecule has 0 aliphatic carbocycles. The van der Waals surface area contributed by atoms with Crippen LogP contribution >= 0.6 is 0 Å². The number of amides is 1. The van der Waals surface area contributed by atoms with Crippen molar-refractivity contribution in [1.29, 1.82) is 0 Å². The van der Waals surface area contributed by atoms with Gasteiger partial charge >= 0.3 is 0 Å². The van der Waals surface area contributed by atoms with E-state index in [4.69, 9.17) is 14.6 Å². The van der Waals surface area contributed by atoms with Crippen molar-refractivity contribution in [3.63, 3.8) is 0 Å². The number of hydrogen-bond donors (Lipinski definition) is 0. The molecular formula is C26H34N4O3. The summed E-state index contributed by atoms with van der Waals surface area (Å²) in [5, 5.41) is 6.52. The second-order valence-corrected chi connectivity index (χ2v) is 8.69. The van der Waals surface area contributed by atoms with Gasteiger partial charge in [-0.05, 0) is 31.2 Å². The molecule has 2 aromatic carbocycles. The van der Waals surface area contributed by atoms with Crippen LogP contribution < -0.4 is 9.47 Å². The van der Waals surface area contributed by atoms with Crippen molar-refractivity contribution < 1.29 is 14.3 Å². The summed E-state index contributed by atoms with van der Waals surface area (Å²) >= 11 is 0. The van der Waals surface area contributed by atoms with E-state index in [0.717, 1.165) is 55.3 Å². The number of aryl methyl sites for hydroxylation is 1. The molecule has 0 radical (unpaired) electrons. The number of methoxy groups -OCH3 is 2. The third kappa shape index (κ3) is 5.20. The zero-order chi connectivity index (χ0) is 23.4. The van der Waals surface area contributed by atoms with Gasteiger partial charge in [0.05, 0.1) is 32.5 Å². The minimum atomic E-state index is -0.217. The first-order valence-electron chi connectivity index (χ1n) is 11.7. The van der Waals surface area contributed by atoms with E-state index in [9.17, 15) is 4.79 Å². The van der Waals surface area contributed by atoms with Crippen LogP contribution in [-0.4, -0.2) is 79.9 Å². The van der Waals surface area contributed by atoms with Crippen LogP contribution in [0.1, 0.15) is 36.1 Å². The van der Waals surface area contributed by atoms with E-state index >= 15 is 0 Å². The second-order valence-electron chi connectivity index (χ2n) is 8.69. The van der Waals surface area contributed by atoms with E-state index in [0.29, 0.717) is 18.7 Å². The molecule has 2 heterocycles. The van der Waals surface area contributed by atoms with E-state index in [2.05, 4.69) is 41.8 Å².